The van der Waals surface area contributed by atoms with Crippen LogP contribution in [0.5, 0.6) is 0 Å². The molecule has 0 bridgehead atoms. The van der Waals surface area contributed by atoms with Gasteiger partial charge in [-0.3, -0.25) is 0 Å². The summed E-state index contributed by atoms with van der Waals surface area (Å²) in [5.41, 5.74) is 2.70. The molecule has 0 aromatic heterocycles. The third-order valence-electron chi connectivity index (χ3n) is 3.74. The van der Waals surface area contributed by atoms with E-state index in [4.69, 9.17) is 0 Å². The lowest BCUT2D eigenvalue weighted by molar-refractivity contribution is 0.402. The zero-order valence-corrected chi connectivity index (χ0v) is 12.1. The summed E-state index contributed by atoms with van der Waals surface area (Å²) in [4.78, 5) is 0. The van der Waals surface area contributed by atoms with Crippen molar-refractivity contribution >= 4 is 0 Å². The minimum absolute atomic E-state index is 0.600. The second-order valence-corrected chi connectivity index (χ2v) is 6.01. The molecule has 94 valence electrons. The standard InChI is InChI=1S/C16H30/c1-11(2)9-13(5)14(6)10-15(7)16(8)12(3)4/h11,13,15-16H,3,6,9-10H2,1-2,4-5,7-8H3. The first-order valence-electron chi connectivity index (χ1n) is 6.58. The molecule has 0 amide bonds. The Morgan fingerprint density at radius 2 is 1.50 bits per heavy atom. The Morgan fingerprint density at radius 3 is 1.88 bits per heavy atom. The van der Waals surface area contributed by atoms with Crippen molar-refractivity contribution in [1.29, 1.82) is 0 Å². The summed E-state index contributed by atoms with van der Waals surface area (Å²) in [7, 11) is 0. The molecule has 0 heteroatoms. The highest BCUT2D eigenvalue weighted by atomic mass is 14.2. The second kappa shape index (κ2) is 6.93. The van der Waals surface area contributed by atoms with Crippen molar-refractivity contribution < 1.29 is 0 Å². The average Bonchev–Trinajstić information content (AvgIpc) is 2.14. The highest BCUT2D eigenvalue weighted by Gasteiger charge is 2.17. The summed E-state index contributed by atoms with van der Waals surface area (Å²) in [6.45, 7) is 21.9. The highest BCUT2D eigenvalue weighted by molar-refractivity contribution is 5.04. The zero-order valence-electron chi connectivity index (χ0n) is 12.1. The molecule has 3 atom stereocenters. The van der Waals surface area contributed by atoms with E-state index in [1.54, 1.807) is 0 Å². The largest absolute Gasteiger partial charge is 0.0999 e. The van der Waals surface area contributed by atoms with Gasteiger partial charge in [0.05, 0.1) is 0 Å². The van der Waals surface area contributed by atoms with Crippen molar-refractivity contribution in [1.82, 2.24) is 0 Å². The van der Waals surface area contributed by atoms with E-state index in [9.17, 15) is 0 Å². The molecule has 0 rings (SSSR count). The van der Waals surface area contributed by atoms with E-state index in [1.807, 2.05) is 0 Å². The molecule has 0 N–H and O–H groups in total. The molecule has 0 saturated carbocycles. The lowest BCUT2D eigenvalue weighted by Gasteiger charge is -2.24. The van der Waals surface area contributed by atoms with Crippen molar-refractivity contribution in [3.05, 3.63) is 24.3 Å². The second-order valence-electron chi connectivity index (χ2n) is 6.01. The Labute approximate surface area is 103 Å². The minimum Gasteiger partial charge on any atom is -0.0999 e. The minimum atomic E-state index is 0.600. The third kappa shape index (κ3) is 5.53. The molecule has 0 aliphatic heterocycles. The Hall–Kier alpha value is -0.520. The first kappa shape index (κ1) is 15.5. The number of allylic oxidation sites excluding steroid dienone is 2. The SMILES string of the molecule is C=C(CC(C)C(C)C(=C)C)C(C)CC(C)C. The summed E-state index contributed by atoms with van der Waals surface area (Å²) < 4.78 is 0. The van der Waals surface area contributed by atoms with Gasteiger partial charge in [-0.2, -0.15) is 0 Å². The van der Waals surface area contributed by atoms with Crippen molar-refractivity contribution in [2.75, 3.05) is 0 Å². The van der Waals surface area contributed by atoms with Gasteiger partial charge in [-0.05, 0) is 43.4 Å². The fourth-order valence-corrected chi connectivity index (χ4v) is 2.15. The molecule has 0 aliphatic carbocycles. The third-order valence-corrected chi connectivity index (χ3v) is 3.74. The quantitative estimate of drug-likeness (QED) is 0.501. The lowest BCUT2D eigenvalue weighted by atomic mass is 9.81. The maximum Gasteiger partial charge on any atom is -0.0208 e. The van der Waals surface area contributed by atoms with E-state index in [2.05, 4.69) is 54.7 Å². The van der Waals surface area contributed by atoms with E-state index < -0.39 is 0 Å². The van der Waals surface area contributed by atoms with Crippen LogP contribution in [0.1, 0.15) is 54.4 Å². The monoisotopic (exact) mass is 222 g/mol. The maximum atomic E-state index is 4.26. The van der Waals surface area contributed by atoms with Gasteiger partial charge in [-0.15, -0.1) is 0 Å². The summed E-state index contributed by atoms with van der Waals surface area (Å²) in [6, 6.07) is 0. The van der Waals surface area contributed by atoms with Gasteiger partial charge in [-0.1, -0.05) is 58.9 Å². The van der Waals surface area contributed by atoms with Crippen LogP contribution < -0.4 is 0 Å². The van der Waals surface area contributed by atoms with Crippen LogP contribution in [0.3, 0.4) is 0 Å². The van der Waals surface area contributed by atoms with Crippen LogP contribution in [0, 0.1) is 23.7 Å². The smallest absolute Gasteiger partial charge is 0.0208 e. The van der Waals surface area contributed by atoms with Gasteiger partial charge >= 0.3 is 0 Å². The highest BCUT2D eigenvalue weighted by Crippen LogP contribution is 2.29. The zero-order chi connectivity index (χ0) is 12.9. The average molecular weight is 222 g/mol. The van der Waals surface area contributed by atoms with Crippen molar-refractivity contribution in [2.24, 2.45) is 23.7 Å². The van der Waals surface area contributed by atoms with Gasteiger partial charge < -0.3 is 0 Å². The number of rotatable bonds is 7. The molecule has 0 aromatic carbocycles. The van der Waals surface area contributed by atoms with E-state index in [-0.39, 0.29) is 0 Å². The molecule has 0 aliphatic rings. The van der Waals surface area contributed by atoms with Crippen LogP contribution >= 0.6 is 0 Å². The lowest BCUT2D eigenvalue weighted by Crippen LogP contribution is -2.13. The molecule has 0 heterocycles. The molecule has 0 radical (unpaired) electrons. The Balaban J connectivity index is 4.18. The van der Waals surface area contributed by atoms with Crippen LogP contribution in [-0.2, 0) is 0 Å². The molecule has 0 nitrogen and oxygen atoms in total. The van der Waals surface area contributed by atoms with Crippen LogP contribution in [0.25, 0.3) is 0 Å². The van der Waals surface area contributed by atoms with Gasteiger partial charge in [-0.25, -0.2) is 0 Å². The Morgan fingerprint density at radius 1 is 1.00 bits per heavy atom. The first-order chi connectivity index (χ1) is 7.25. The maximum absolute atomic E-state index is 4.26. The predicted octanol–water partition coefficient (Wildman–Crippen LogP) is 5.46. The van der Waals surface area contributed by atoms with Gasteiger partial charge in [0.1, 0.15) is 0 Å². The summed E-state index contributed by atoms with van der Waals surface area (Å²) in [5.74, 6) is 2.68. The van der Waals surface area contributed by atoms with Crippen LogP contribution in [-0.4, -0.2) is 0 Å². The van der Waals surface area contributed by atoms with Crippen LogP contribution in [0.2, 0.25) is 0 Å². The molecular formula is C16H30. The predicted molar refractivity (Wildman–Crippen MR) is 75.5 cm³/mol. The molecule has 3 unspecified atom stereocenters. The van der Waals surface area contributed by atoms with Crippen molar-refractivity contribution in [3.63, 3.8) is 0 Å². The van der Waals surface area contributed by atoms with Gasteiger partial charge in [0.25, 0.3) is 0 Å². The molecule has 16 heavy (non-hydrogen) atoms. The Bertz CT molecular complexity index is 234. The van der Waals surface area contributed by atoms with Crippen LogP contribution in [0.15, 0.2) is 24.3 Å². The fraction of sp³-hybridized carbons (Fsp3) is 0.750. The molecular weight excluding hydrogens is 192 g/mol. The fourth-order valence-electron chi connectivity index (χ4n) is 2.15. The topological polar surface area (TPSA) is 0 Å². The van der Waals surface area contributed by atoms with E-state index >= 15 is 0 Å². The normalized spacial score (nSPS) is 16.9. The number of hydrogen-bond donors (Lipinski definition) is 0. The Kier molecular flexibility index (Phi) is 6.71. The first-order valence-corrected chi connectivity index (χ1v) is 6.58. The molecule has 0 aromatic rings. The van der Waals surface area contributed by atoms with Crippen molar-refractivity contribution in [3.8, 4) is 0 Å². The van der Waals surface area contributed by atoms with E-state index in [0.29, 0.717) is 17.8 Å². The molecule has 0 saturated heterocycles. The summed E-state index contributed by atoms with van der Waals surface area (Å²) in [5, 5.41) is 0. The number of hydrogen-bond acceptors (Lipinski definition) is 0. The van der Waals surface area contributed by atoms with Gasteiger partial charge in [0, 0.05) is 0 Å². The van der Waals surface area contributed by atoms with Crippen molar-refractivity contribution in [2.45, 2.75) is 54.4 Å². The van der Waals surface area contributed by atoms with Gasteiger partial charge in [0.15, 0.2) is 0 Å². The van der Waals surface area contributed by atoms with E-state index in [1.165, 1.54) is 17.6 Å². The molecule has 0 fully saturated rings. The summed E-state index contributed by atoms with van der Waals surface area (Å²) in [6.07, 6.45) is 2.40. The van der Waals surface area contributed by atoms with Crippen LogP contribution in [0.4, 0.5) is 0 Å². The van der Waals surface area contributed by atoms with Gasteiger partial charge in [0.2, 0.25) is 0 Å². The summed E-state index contributed by atoms with van der Waals surface area (Å²) >= 11 is 0. The van der Waals surface area contributed by atoms with E-state index in [0.717, 1.165) is 12.3 Å². The molecule has 0 spiro atoms.